The van der Waals surface area contributed by atoms with Gasteiger partial charge in [-0.1, -0.05) is 30.3 Å². The number of aryl methyl sites for hydroxylation is 1. The largest absolute Gasteiger partial charge is 0.340 e. The molecule has 0 saturated heterocycles. The van der Waals surface area contributed by atoms with Gasteiger partial charge < -0.3 is 10.2 Å². The highest BCUT2D eigenvalue weighted by molar-refractivity contribution is 7.17. The van der Waals surface area contributed by atoms with Gasteiger partial charge in [0.05, 0.1) is 5.69 Å². The van der Waals surface area contributed by atoms with Crippen LogP contribution in [-0.2, 0) is 0 Å². The lowest BCUT2D eigenvalue weighted by molar-refractivity contribution is 0.0800. The van der Waals surface area contributed by atoms with E-state index in [1.807, 2.05) is 51.4 Å². The Balaban J connectivity index is 0.00000220. The van der Waals surface area contributed by atoms with E-state index in [1.165, 1.54) is 11.3 Å². The van der Waals surface area contributed by atoms with E-state index in [-0.39, 0.29) is 30.7 Å². The lowest BCUT2D eigenvalue weighted by Gasteiger charge is -2.15. The lowest BCUT2D eigenvalue weighted by Crippen LogP contribution is -2.32. The number of nitrogens with zero attached hydrogens (tertiary/aromatic N) is 2. The molecule has 22 heavy (non-hydrogen) atoms. The van der Waals surface area contributed by atoms with Gasteiger partial charge in [-0.05, 0) is 14.0 Å². The number of carbonyl (C=O) groups excluding carboxylic acids is 1. The highest BCUT2D eigenvalue weighted by Crippen LogP contribution is 2.28. The number of thiazole rings is 1. The topological polar surface area (TPSA) is 45.2 Å². The molecule has 0 bridgehead atoms. The molecule has 0 aliphatic carbocycles. The quantitative estimate of drug-likeness (QED) is 0.888. The molecule has 1 heterocycles. The molecule has 1 amide bonds. The number of amides is 1. The predicted octanol–water partition coefficient (Wildman–Crippen LogP) is 3.25. The highest BCUT2D eigenvalue weighted by Gasteiger charge is 2.19. The molecule has 0 fully saturated rings. The van der Waals surface area contributed by atoms with Gasteiger partial charge in [-0.15, -0.1) is 36.2 Å². The summed E-state index contributed by atoms with van der Waals surface area (Å²) in [5, 5.41) is 3.94. The number of likely N-dealkylation sites (N-methyl/N-ethyl adjacent to an activating group) is 2. The molecule has 2 rings (SSSR count). The molecular weight excluding hydrogens is 341 g/mol. The van der Waals surface area contributed by atoms with Gasteiger partial charge in [-0.25, -0.2) is 4.98 Å². The summed E-state index contributed by atoms with van der Waals surface area (Å²) >= 11 is 1.46. The van der Waals surface area contributed by atoms with E-state index in [9.17, 15) is 4.79 Å². The predicted molar refractivity (Wildman–Crippen MR) is 97.7 cm³/mol. The van der Waals surface area contributed by atoms with Gasteiger partial charge in [0, 0.05) is 25.7 Å². The van der Waals surface area contributed by atoms with Crippen molar-refractivity contribution >= 4 is 42.1 Å². The number of hydrogen-bond donors (Lipinski definition) is 1. The van der Waals surface area contributed by atoms with Crippen molar-refractivity contribution in [2.24, 2.45) is 0 Å². The Morgan fingerprint density at radius 3 is 2.50 bits per heavy atom. The van der Waals surface area contributed by atoms with Crippen molar-refractivity contribution in [1.29, 1.82) is 0 Å². The summed E-state index contributed by atoms with van der Waals surface area (Å²) in [5.41, 5.74) is 1.85. The normalized spacial score (nSPS) is 9.59. The molecule has 0 spiro atoms. The van der Waals surface area contributed by atoms with Crippen molar-refractivity contribution in [3.8, 4) is 10.6 Å². The van der Waals surface area contributed by atoms with Gasteiger partial charge in [0.1, 0.15) is 9.88 Å². The van der Waals surface area contributed by atoms with E-state index in [0.29, 0.717) is 6.54 Å². The molecule has 1 aromatic carbocycles. The molecule has 1 aromatic heterocycles. The third kappa shape index (κ3) is 4.95. The van der Waals surface area contributed by atoms with Crippen molar-refractivity contribution in [3.63, 3.8) is 0 Å². The van der Waals surface area contributed by atoms with Crippen molar-refractivity contribution in [2.45, 2.75) is 6.92 Å². The molecule has 2 aromatic rings. The van der Waals surface area contributed by atoms with E-state index in [2.05, 4.69) is 10.3 Å². The third-order valence-corrected chi connectivity index (χ3v) is 4.25. The van der Waals surface area contributed by atoms with E-state index in [4.69, 9.17) is 0 Å². The van der Waals surface area contributed by atoms with Crippen LogP contribution in [0.5, 0.6) is 0 Å². The number of aromatic nitrogens is 1. The Kier molecular flexibility index (Phi) is 9.28. The average molecular weight is 362 g/mol. The Hall–Kier alpha value is -1.14. The Morgan fingerprint density at radius 2 is 1.91 bits per heavy atom. The van der Waals surface area contributed by atoms with Gasteiger partial charge in [-0.3, -0.25) is 4.79 Å². The van der Waals surface area contributed by atoms with Crippen molar-refractivity contribution < 1.29 is 4.79 Å². The second-order valence-corrected chi connectivity index (χ2v) is 5.63. The fourth-order valence-corrected chi connectivity index (χ4v) is 2.92. The van der Waals surface area contributed by atoms with E-state index in [1.54, 1.807) is 4.90 Å². The van der Waals surface area contributed by atoms with Crippen LogP contribution in [0.2, 0.25) is 0 Å². The summed E-state index contributed by atoms with van der Waals surface area (Å²) in [5.74, 6) is 0.0393. The zero-order valence-electron chi connectivity index (χ0n) is 12.8. The van der Waals surface area contributed by atoms with Crippen LogP contribution in [0, 0.1) is 6.92 Å². The second-order valence-electron chi connectivity index (χ2n) is 4.63. The molecule has 0 aliphatic rings. The molecule has 122 valence electrons. The van der Waals surface area contributed by atoms with E-state index >= 15 is 0 Å². The van der Waals surface area contributed by atoms with Crippen LogP contribution < -0.4 is 5.32 Å². The monoisotopic (exact) mass is 361 g/mol. The number of rotatable bonds is 5. The van der Waals surface area contributed by atoms with Crippen LogP contribution in [0.3, 0.4) is 0 Å². The van der Waals surface area contributed by atoms with Gasteiger partial charge in [-0.2, -0.15) is 0 Å². The minimum absolute atomic E-state index is 0. The maximum Gasteiger partial charge on any atom is 0.265 e. The van der Waals surface area contributed by atoms with Crippen LogP contribution in [0.25, 0.3) is 10.6 Å². The minimum atomic E-state index is 0. The first-order chi connectivity index (χ1) is 9.63. The Labute approximate surface area is 147 Å². The van der Waals surface area contributed by atoms with Crippen LogP contribution >= 0.6 is 36.2 Å². The number of nitrogens with one attached hydrogen (secondary N) is 1. The summed E-state index contributed by atoms with van der Waals surface area (Å²) < 4.78 is 0. The third-order valence-electron chi connectivity index (χ3n) is 3.06. The fourth-order valence-electron chi connectivity index (χ4n) is 1.85. The van der Waals surface area contributed by atoms with Gasteiger partial charge in [0.2, 0.25) is 0 Å². The molecule has 0 unspecified atom stereocenters. The first-order valence-corrected chi connectivity index (χ1v) is 7.38. The zero-order chi connectivity index (χ0) is 14.5. The summed E-state index contributed by atoms with van der Waals surface area (Å²) in [4.78, 5) is 19.4. The van der Waals surface area contributed by atoms with Crippen molar-refractivity contribution in [1.82, 2.24) is 15.2 Å². The summed E-state index contributed by atoms with van der Waals surface area (Å²) in [6.07, 6.45) is 0. The second kappa shape index (κ2) is 9.79. The van der Waals surface area contributed by atoms with Crippen molar-refractivity contribution in [2.75, 3.05) is 27.2 Å². The molecule has 1 N–H and O–H groups in total. The minimum Gasteiger partial charge on any atom is -0.340 e. The standard InChI is InChI=1S/C15H19N3OS.2ClH/c1-11-13(15(19)18(3)10-9-16-2)20-14(17-11)12-7-5-4-6-8-12;;/h4-8,16H,9-10H2,1-3H3;2*1H. The molecule has 0 aliphatic heterocycles. The number of carbonyl (C=O) groups is 1. The average Bonchev–Trinajstić information content (AvgIpc) is 2.87. The number of halogens is 2. The van der Waals surface area contributed by atoms with E-state index < -0.39 is 0 Å². The summed E-state index contributed by atoms with van der Waals surface area (Å²) in [6.45, 7) is 3.36. The Morgan fingerprint density at radius 1 is 1.27 bits per heavy atom. The molecule has 7 heteroatoms. The fraction of sp³-hybridized carbons (Fsp3) is 0.333. The first kappa shape index (κ1) is 20.9. The van der Waals surface area contributed by atoms with Crippen LogP contribution in [0.4, 0.5) is 0 Å². The molecule has 4 nitrogen and oxygen atoms in total. The van der Waals surface area contributed by atoms with Crippen molar-refractivity contribution in [3.05, 3.63) is 40.9 Å². The molecule has 0 saturated carbocycles. The highest BCUT2D eigenvalue weighted by atomic mass is 35.5. The van der Waals surface area contributed by atoms with Crippen LogP contribution in [-0.4, -0.2) is 43.0 Å². The number of benzene rings is 1. The molecule has 0 radical (unpaired) electrons. The lowest BCUT2D eigenvalue weighted by atomic mass is 10.2. The van der Waals surface area contributed by atoms with Crippen LogP contribution in [0.15, 0.2) is 30.3 Å². The zero-order valence-corrected chi connectivity index (χ0v) is 15.3. The van der Waals surface area contributed by atoms with E-state index in [0.717, 1.165) is 27.7 Å². The Bertz CT molecular complexity index is 590. The maximum absolute atomic E-state index is 12.4. The molecular formula is C15H21Cl2N3OS. The maximum atomic E-state index is 12.4. The molecule has 0 atom stereocenters. The van der Waals surface area contributed by atoms with Crippen LogP contribution in [0.1, 0.15) is 15.4 Å². The van der Waals surface area contributed by atoms with Gasteiger partial charge in [0.15, 0.2) is 0 Å². The first-order valence-electron chi connectivity index (χ1n) is 6.56. The summed E-state index contributed by atoms with van der Waals surface area (Å²) in [6, 6.07) is 9.95. The number of hydrogen-bond acceptors (Lipinski definition) is 4. The smallest absolute Gasteiger partial charge is 0.265 e. The SMILES string of the molecule is CNCCN(C)C(=O)c1sc(-c2ccccc2)nc1C.Cl.Cl. The van der Waals surface area contributed by atoms with Gasteiger partial charge >= 0.3 is 0 Å². The van der Waals surface area contributed by atoms with Gasteiger partial charge in [0.25, 0.3) is 5.91 Å². The summed E-state index contributed by atoms with van der Waals surface area (Å²) in [7, 11) is 3.70.